The van der Waals surface area contributed by atoms with E-state index in [2.05, 4.69) is 22.0 Å². The van der Waals surface area contributed by atoms with E-state index < -0.39 is 0 Å². The van der Waals surface area contributed by atoms with E-state index >= 15 is 0 Å². The quantitative estimate of drug-likeness (QED) is 0.795. The first-order valence-corrected chi connectivity index (χ1v) is 8.11. The number of hydrogen-bond donors (Lipinski definition) is 1. The molecule has 5 rings (SSSR count). The first-order chi connectivity index (χ1) is 9.88. The van der Waals surface area contributed by atoms with Crippen LogP contribution in [0, 0.1) is 5.92 Å². The fourth-order valence-electron chi connectivity index (χ4n) is 4.56. The number of benzene rings is 1. The molecule has 1 aliphatic carbocycles. The summed E-state index contributed by atoms with van der Waals surface area (Å²) in [5.41, 5.74) is 5.82. The number of hydrogen-bond acceptors (Lipinski definition) is 2. The van der Waals surface area contributed by atoms with Crippen LogP contribution in [0.15, 0.2) is 12.1 Å². The molecule has 1 fully saturated rings. The predicted molar refractivity (Wildman–Crippen MR) is 80.1 cm³/mol. The van der Waals surface area contributed by atoms with E-state index in [0.717, 1.165) is 24.8 Å². The van der Waals surface area contributed by atoms with Gasteiger partial charge in [-0.1, -0.05) is 0 Å². The van der Waals surface area contributed by atoms with Gasteiger partial charge in [0.15, 0.2) is 0 Å². The number of nitrogens with one attached hydrogen (secondary N) is 1. The molecule has 1 N–H and O–H groups in total. The topological polar surface area (TPSA) is 29.9 Å². The van der Waals surface area contributed by atoms with Gasteiger partial charge in [-0.15, -0.1) is 0 Å². The van der Waals surface area contributed by atoms with Crippen LogP contribution in [0.4, 0.5) is 0 Å². The summed E-state index contributed by atoms with van der Waals surface area (Å²) in [6.07, 6.45) is 6.41. The van der Waals surface area contributed by atoms with Crippen LogP contribution < -0.4 is 5.32 Å². The molecule has 20 heavy (non-hydrogen) atoms. The van der Waals surface area contributed by atoms with Crippen molar-refractivity contribution < 1.29 is 0 Å². The third-order valence-electron chi connectivity index (χ3n) is 5.51. The summed E-state index contributed by atoms with van der Waals surface area (Å²) in [5, 5.41) is 3.60. The highest BCUT2D eigenvalue weighted by atomic mass is 15.1. The highest BCUT2D eigenvalue weighted by molar-refractivity contribution is 5.79. The van der Waals surface area contributed by atoms with E-state index in [9.17, 15) is 0 Å². The lowest BCUT2D eigenvalue weighted by molar-refractivity contribution is 0.318. The minimum Gasteiger partial charge on any atom is -0.328 e. The van der Waals surface area contributed by atoms with Crippen LogP contribution in [0.2, 0.25) is 0 Å². The molecule has 2 unspecified atom stereocenters. The molecule has 2 atom stereocenters. The molecule has 2 aliphatic heterocycles. The minimum absolute atomic E-state index is 0.723. The maximum Gasteiger partial charge on any atom is 0.109 e. The number of imidazole rings is 1. The van der Waals surface area contributed by atoms with Crippen molar-refractivity contribution in [2.75, 3.05) is 13.1 Å². The Hall–Kier alpha value is -1.35. The van der Waals surface area contributed by atoms with Gasteiger partial charge in [0.25, 0.3) is 0 Å². The molecule has 104 valence electrons. The normalized spacial score (nSPS) is 28.2. The highest BCUT2D eigenvalue weighted by Gasteiger charge is 2.31. The first-order valence-electron chi connectivity index (χ1n) is 8.11. The summed E-state index contributed by atoms with van der Waals surface area (Å²) in [5.74, 6) is 2.89. The van der Waals surface area contributed by atoms with Gasteiger partial charge in [0.05, 0.1) is 11.0 Å². The van der Waals surface area contributed by atoms with Crippen molar-refractivity contribution in [3.8, 4) is 0 Å². The molecule has 3 nitrogen and oxygen atoms in total. The molecule has 0 saturated carbocycles. The Morgan fingerprint density at radius 3 is 3.20 bits per heavy atom. The second kappa shape index (κ2) is 4.08. The maximum atomic E-state index is 4.91. The summed E-state index contributed by atoms with van der Waals surface area (Å²) in [6.45, 7) is 3.53. The van der Waals surface area contributed by atoms with E-state index in [4.69, 9.17) is 4.98 Å². The molecule has 1 aromatic heterocycles. The van der Waals surface area contributed by atoms with Crippen molar-refractivity contribution >= 4 is 11.0 Å². The van der Waals surface area contributed by atoms with Crippen LogP contribution in [-0.2, 0) is 19.4 Å². The van der Waals surface area contributed by atoms with Crippen molar-refractivity contribution in [2.24, 2.45) is 5.92 Å². The minimum atomic E-state index is 0.723. The number of piperidine rings is 1. The second-order valence-electron chi connectivity index (χ2n) is 6.84. The molecule has 2 bridgehead atoms. The predicted octanol–water partition coefficient (Wildman–Crippen LogP) is 2.62. The highest BCUT2D eigenvalue weighted by Crippen LogP contribution is 2.39. The van der Waals surface area contributed by atoms with E-state index in [1.807, 2.05) is 0 Å². The third-order valence-corrected chi connectivity index (χ3v) is 5.51. The molecule has 3 heterocycles. The number of rotatable bonds is 0. The Morgan fingerprint density at radius 2 is 2.20 bits per heavy atom. The number of aryl methyl sites for hydroxylation is 2. The maximum absolute atomic E-state index is 4.91. The van der Waals surface area contributed by atoms with Crippen molar-refractivity contribution in [3.63, 3.8) is 0 Å². The monoisotopic (exact) mass is 267 g/mol. The van der Waals surface area contributed by atoms with Crippen LogP contribution in [0.1, 0.15) is 42.1 Å². The molecule has 1 aromatic carbocycles. The number of fused-ring (bicyclic) bond motifs is 7. The Balaban J connectivity index is 1.72. The van der Waals surface area contributed by atoms with Crippen LogP contribution >= 0.6 is 0 Å². The van der Waals surface area contributed by atoms with Crippen LogP contribution in [0.3, 0.4) is 0 Å². The third kappa shape index (κ3) is 1.53. The van der Waals surface area contributed by atoms with Gasteiger partial charge in [-0.05, 0) is 67.3 Å². The van der Waals surface area contributed by atoms with Crippen LogP contribution in [0.5, 0.6) is 0 Å². The summed E-state index contributed by atoms with van der Waals surface area (Å²) in [6, 6.07) is 4.88. The standard InChI is InChI=1S/C17H21N3/c1-2-4-20-16-7-12-5-11-6-13(10-18-9-11)14(12)8-15(16)19-17(20)3-1/h7-8,11,13,18H,1-6,9-10H2. The summed E-state index contributed by atoms with van der Waals surface area (Å²) in [7, 11) is 0. The van der Waals surface area contributed by atoms with Gasteiger partial charge in [-0.2, -0.15) is 0 Å². The van der Waals surface area contributed by atoms with E-state index in [1.54, 1.807) is 11.1 Å². The molecule has 3 aliphatic rings. The average Bonchev–Trinajstić information content (AvgIpc) is 2.84. The molecular formula is C17H21N3. The van der Waals surface area contributed by atoms with Gasteiger partial charge in [0.1, 0.15) is 5.82 Å². The Morgan fingerprint density at radius 1 is 1.20 bits per heavy atom. The van der Waals surface area contributed by atoms with Gasteiger partial charge in [-0.3, -0.25) is 0 Å². The molecule has 1 saturated heterocycles. The van der Waals surface area contributed by atoms with Crippen LogP contribution in [0.25, 0.3) is 11.0 Å². The lowest BCUT2D eigenvalue weighted by Crippen LogP contribution is -2.39. The summed E-state index contributed by atoms with van der Waals surface area (Å²) >= 11 is 0. The van der Waals surface area contributed by atoms with Gasteiger partial charge >= 0.3 is 0 Å². The largest absolute Gasteiger partial charge is 0.328 e. The number of nitrogens with zero attached hydrogens (tertiary/aromatic N) is 2. The fourth-order valence-corrected chi connectivity index (χ4v) is 4.56. The van der Waals surface area contributed by atoms with E-state index in [-0.39, 0.29) is 0 Å². The molecule has 0 radical (unpaired) electrons. The molecule has 0 amide bonds. The van der Waals surface area contributed by atoms with Crippen molar-refractivity contribution in [2.45, 2.75) is 44.6 Å². The zero-order valence-electron chi connectivity index (χ0n) is 11.9. The second-order valence-corrected chi connectivity index (χ2v) is 6.84. The Bertz CT molecular complexity index is 685. The lowest BCUT2D eigenvalue weighted by Gasteiger charge is -2.36. The van der Waals surface area contributed by atoms with Gasteiger partial charge in [-0.25, -0.2) is 4.98 Å². The van der Waals surface area contributed by atoms with E-state index in [1.165, 1.54) is 55.6 Å². The number of aromatic nitrogens is 2. The SMILES string of the molecule is c1c2c(cc3c1nc1n3CCCC1)CC1CNCC2C1. The molecule has 3 heteroatoms. The van der Waals surface area contributed by atoms with Gasteiger partial charge in [0.2, 0.25) is 0 Å². The van der Waals surface area contributed by atoms with Crippen molar-refractivity contribution in [3.05, 3.63) is 29.1 Å². The zero-order valence-corrected chi connectivity index (χ0v) is 11.9. The van der Waals surface area contributed by atoms with Crippen molar-refractivity contribution in [1.82, 2.24) is 14.9 Å². The smallest absolute Gasteiger partial charge is 0.109 e. The zero-order chi connectivity index (χ0) is 13.1. The molecular weight excluding hydrogens is 246 g/mol. The van der Waals surface area contributed by atoms with E-state index in [0.29, 0.717) is 0 Å². The summed E-state index contributed by atoms with van der Waals surface area (Å²) < 4.78 is 2.47. The summed E-state index contributed by atoms with van der Waals surface area (Å²) in [4.78, 5) is 4.91. The Labute approximate surface area is 119 Å². The van der Waals surface area contributed by atoms with Gasteiger partial charge in [0, 0.05) is 19.5 Å². The first kappa shape index (κ1) is 11.3. The van der Waals surface area contributed by atoms with Crippen LogP contribution in [-0.4, -0.2) is 22.6 Å². The molecule has 2 aromatic rings. The van der Waals surface area contributed by atoms with Crippen molar-refractivity contribution in [1.29, 1.82) is 0 Å². The van der Waals surface area contributed by atoms with Gasteiger partial charge < -0.3 is 9.88 Å². The Kier molecular flexibility index (Phi) is 2.31. The molecule has 0 spiro atoms. The lowest BCUT2D eigenvalue weighted by atomic mass is 9.74. The average molecular weight is 267 g/mol. The fraction of sp³-hybridized carbons (Fsp3) is 0.588.